The monoisotopic (exact) mass is 155 g/mol. The summed E-state index contributed by atoms with van der Waals surface area (Å²) in [6, 6.07) is 6.32. The molecule has 0 aliphatic carbocycles. The third-order valence-electron chi connectivity index (χ3n) is 1.49. The van der Waals surface area contributed by atoms with Gasteiger partial charge in [0.05, 0.1) is 0 Å². The molecule has 11 heavy (non-hydrogen) atoms. The zero-order valence-corrected chi connectivity index (χ0v) is 6.06. The molecule has 1 aromatic rings. The lowest BCUT2D eigenvalue weighted by Crippen LogP contribution is -1.86. The predicted octanol–water partition coefficient (Wildman–Crippen LogP) is 3.00. The van der Waals surface area contributed by atoms with Gasteiger partial charge in [-0.15, -0.1) is 0 Å². The van der Waals surface area contributed by atoms with Crippen molar-refractivity contribution in [1.82, 2.24) is 0 Å². The zero-order chi connectivity index (χ0) is 8.27. The molecule has 0 aromatic heterocycles. The van der Waals surface area contributed by atoms with Crippen LogP contribution in [0.15, 0.2) is 24.3 Å². The summed E-state index contributed by atoms with van der Waals surface area (Å²) < 4.78 is 24.1. The van der Waals surface area contributed by atoms with Gasteiger partial charge in [0.1, 0.15) is 0 Å². The van der Waals surface area contributed by atoms with E-state index in [0.717, 1.165) is 5.56 Å². The van der Waals surface area contributed by atoms with E-state index in [1.54, 1.807) is 12.1 Å². The fraction of sp³-hybridized carbons (Fsp3) is 0.222. The van der Waals surface area contributed by atoms with Crippen LogP contribution in [0.1, 0.15) is 17.6 Å². The van der Waals surface area contributed by atoms with E-state index in [1.807, 2.05) is 0 Å². The van der Waals surface area contributed by atoms with Crippen LogP contribution in [0.25, 0.3) is 0 Å². The Morgan fingerprint density at radius 2 is 2.09 bits per heavy atom. The maximum Gasteiger partial charge on any atom is 0.263 e. The summed E-state index contributed by atoms with van der Waals surface area (Å²) in [6.45, 7) is 3.61. The lowest BCUT2D eigenvalue weighted by molar-refractivity contribution is 0.151. The van der Waals surface area contributed by atoms with Gasteiger partial charge < -0.3 is 0 Å². The molecule has 0 atom stereocenters. The highest BCUT2D eigenvalue weighted by molar-refractivity contribution is 5.24. The van der Waals surface area contributed by atoms with E-state index in [9.17, 15) is 8.78 Å². The molecule has 1 radical (unpaired) electrons. The number of hydrogen-bond donors (Lipinski definition) is 0. The first kappa shape index (κ1) is 8.18. The first-order chi connectivity index (χ1) is 5.24. The molecule has 0 amide bonds. The summed E-state index contributed by atoms with van der Waals surface area (Å²) in [5, 5.41) is 0. The standard InChI is InChI=1S/C9H9F2/c1-2-7-4-3-5-8(6-7)9(10)11/h3-6,9H,1-2H2. The van der Waals surface area contributed by atoms with Gasteiger partial charge in [-0.3, -0.25) is 0 Å². The van der Waals surface area contributed by atoms with Crippen molar-refractivity contribution in [3.63, 3.8) is 0 Å². The lowest BCUT2D eigenvalue weighted by Gasteiger charge is -2.00. The van der Waals surface area contributed by atoms with E-state index in [2.05, 4.69) is 6.92 Å². The average Bonchev–Trinajstić information content (AvgIpc) is 2.05. The van der Waals surface area contributed by atoms with Gasteiger partial charge in [-0.1, -0.05) is 24.3 Å². The third-order valence-corrected chi connectivity index (χ3v) is 1.49. The molecule has 0 unspecified atom stereocenters. The first-order valence-electron chi connectivity index (χ1n) is 3.40. The summed E-state index contributed by atoms with van der Waals surface area (Å²) in [7, 11) is 0. The van der Waals surface area contributed by atoms with Crippen LogP contribution >= 0.6 is 0 Å². The Balaban J connectivity index is 2.91. The van der Waals surface area contributed by atoms with Crippen LogP contribution in [0, 0.1) is 6.92 Å². The molecule has 0 aliphatic heterocycles. The van der Waals surface area contributed by atoms with Crippen LogP contribution in [0.4, 0.5) is 8.78 Å². The molecule has 0 heterocycles. The fourth-order valence-electron chi connectivity index (χ4n) is 0.884. The molecular formula is C9H9F2. The molecule has 1 aromatic carbocycles. The maximum atomic E-state index is 12.1. The second-order valence-electron chi connectivity index (χ2n) is 2.30. The number of alkyl halides is 2. The Labute approximate surface area is 64.9 Å². The largest absolute Gasteiger partial charge is 0.263 e. The molecule has 0 saturated heterocycles. The molecule has 59 valence electrons. The molecule has 2 heteroatoms. The summed E-state index contributed by atoms with van der Waals surface area (Å²) in [5.74, 6) is 0. The molecule has 0 aliphatic rings. The first-order valence-corrected chi connectivity index (χ1v) is 3.40. The summed E-state index contributed by atoms with van der Waals surface area (Å²) in [6.07, 6.45) is -1.82. The Hall–Kier alpha value is -0.920. The van der Waals surface area contributed by atoms with E-state index in [1.165, 1.54) is 12.1 Å². The Morgan fingerprint density at radius 3 is 2.64 bits per heavy atom. The van der Waals surface area contributed by atoms with Crippen LogP contribution in [0.5, 0.6) is 0 Å². The Kier molecular flexibility index (Phi) is 2.58. The van der Waals surface area contributed by atoms with Gasteiger partial charge in [-0.05, 0) is 18.9 Å². The highest BCUT2D eigenvalue weighted by atomic mass is 19.3. The van der Waals surface area contributed by atoms with Crippen molar-refractivity contribution in [3.05, 3.63) is 42.3 Å². The van der Waals surface area contributed by atoms with Gasteiger partial charge in [0.25, 0.3) is 6.43 Å². The average molecular weight is 155 g/mol. The number of rotatable bonds is 2. The van der Waals surface area contributed by atoms with Crippen molar-refractivity contribution < 1.29 is 8.78 Å². The Bertz CT molecular complexity index is 231. The van der Waals surface area contributed by atoms with E-state index >= 15 is 0 Å². The minimum Gasteiger partial charge on any atom is -0.205 e. The van der Waals surface area contributed by atoms with Crippen molar-refractivity contribution in [1.29, 1.82) is 0 Å². The van der Waals surface area contributed by atoms with E-state index in [-0.39, 0.29) is 5.56 Å². The van der Waals surface area contributed by atoms with Crippen LogP contribution in [-0.2, 0) is 6.42 Å². The van der Waals surface area contributed by atoms with Crippen molar-refractivity contribution in [2.45, 2.75) is 12.8 Å². The van der Waals surface area contributed by atoms with Crippen LogP contribution in [-0.4, -0.2) is 0 Å². The molecular weight excluding hydrogens is 146 g/mol. The lowest BCUT2D eigenvalue weighted by atomic mass is 10.1. The summed E-state index contributed by atoms with van der Waals surface area (Å²) in [4.78, 5) is 0. The predicted molar refractivity (Wildman–Crippen MR) is 40.5 cm³/mol. The molecule has 0 N–H and O–H groups in total. The van der Waals surface area contributed by atoms with Crippen LogP contribution < -0.4 is 0 Å². The van der Waals surface area contributed by atoms with Gasteiger partial charge in [0.2, 0.25) is 0 Å². The smallest absolute Gasteiger partial charge is 0.205 e. The van der Waals surface area contributed by atoms with Crippen LogP contribution in [0.2, 0.25) is 0 Å². The van der Waals surface area contributed by atoms with Crippen molar-refractivity contribution in [2.24, 2.45) is 0 Å². The zero-order valence-electron chi connectivity index (χ0n) is 6.06. The summed E-state index contributed by atoms with van der Waals surface area (Å²) >= 11 is 0. The molecule has 0 bridgehead atoms. The van der Waals surface area contributed by atoms with Crippen molar-refractivity contribution in [3.8, 4) is 0 Å². The highest BCUT2D eigenvalue weighted by Gasteiger charge is 2.05. The van der Waals surface area contributed by atoms with Crippen molar-refractivity contribution in [2.75, 3.05) is 0 Å². The number of halogens is 2. The van der Waals surface area contributed by atoms with E-state index in [0.29, 0.717) is 6.42 Å². The normalized spacial score (nSPS) is 10.5. The minimum absolute atomic E-state index is 0.0751. The Morgan fingerprint density at radius 1 is 1.36 bits per heavy atom. The van der Waals surface area contributed by atoms with Gasteiger partial charge in [-0.2, -0.15) is 0 Å². The fourth-order valence-corrected chi connectivity index (χ4v) is 0.884. The second-order valence-corrected chi connectivity index (χ2v) is 2.30. The number of benzene rings is 1. The SMILES string of the molecule is [CH2]Cc1cccc(C(F)F)c1. The molecule has 0 saturated carbocycles. The molecule has 0 nitrogen and oxygen atoms in total. The van der Waals surface area contributed by atoms with Gasteiger partial charge in [0, 0.05) is 5.56 Å². The molecule has 0 spiro atoms. The third kappa shape index (κ3) is 2.00. The minimum atomic E-state index is -2.37. The maximum absolute atomic E-state index is 12.1. The van der Waals surface area contributed by atoms with E-state index in [4.69, 9.17) is 0 Å². The van der Waals surface area contributed by atoms with Crippen LogP contribution in [0.3, 0.4) is 0 Å². The van der Waals surface area contributed by atoms with Gasteiger partial charge >= 0.3 is 0 Å². The summed E-state index contributed by atoms with van der Waals surface area (Å²) in [5.41, 5.74) is 0.925. The van der Waals surface area contributed by atoms with Gasteiger partial charge in [-0.25, -0.2) is 8.78 Å². The number of hydrogen-bond acceptors (Lipinski definition) is 0. The highest BCUT2D eigenvalue weighted by Crippen LogP contribution is 2.19. The van der Waals surface area contributed by atoms with Crippen molar-refractivity contribution >= 4 is 0 Å². The second kappa shape index (κ2) is 3.46. The topological polar surface area (TPSA) is 0 Å². The quantitative estimate of drug-likeness (QED) is 0.615. The molecule has 0 fully saturated rings. The van der Waals surface area contributed by atoms with Gasteiger partial charge in [0.15, 0.2) is 0 Å². The van der Waals surface area contributed by atoms with E-state index < -0.39 is 6.43 Å². The molecule has 1 rings (SSSR count).